The minimum Gasteiger partial charge on any atom is -0.396 e. The predicted molar refractivity (Wildman–Crippen MR) is 77.4 cm³/mol. The normalized spacial score (nSPS) is 25.9. The van der Waals surface area contributed by atoms with Crippen molar-refractivity contribution in [2.45, 2.75) is 44.6 Å². The van der Waals surface area contributed by atoms with Crippen molar-refractivity contribution in [2.75, 3.05) is 32.8 Å². The lowest BCUT2D eigenvalue weighted by Crippen LogP contribution is -2.57. The lowest BCUT2D eigenvalue weighted by molar-refractivity contribution is -0.144. The van der Waals surface area contributed by atoms with Gasteiger partial charge in [0, 0.05) is 45.1 Å². The van der Waals surface area contributed by atoms with Crippen LogP contribution in [0.4, 0.5) is 0 Å². The fraction of sp³-hybridized carbons (Fsp3) is 0.867. The first kappa shape index (κ1) is 16.2. The summed E-state index contributed by atoms with van der Waals surface area (Å²) in [6.45, 7) is 2.15. The van der Waals surface area contributed by atoms with E-state index < -0.39 is 0 Å². The number of carbonyl (C=O) groups is 2. The summed E-state index contributed by atoms with van der Waals surface area (Å²) in [5.74, 6) is 0.581. The second kappa shape index (κ2) is 7.75. The molecule has 6 nitrogen and oxygen atoms in total. The third kappa shape index (κ3) is 3.95. The van der Waals surface area contributed by atoms with Crippen LogP contribution in [0.1, 0.15) is 38.5 Å². The summed E-state index contributed by atoms with van der Waals surface area (Å²) < 4.78 is 0. The molecule has 0 radical (unpaired) electrons. The number of piperidine rings is 2. The molecule has 0 aromatic carbocycles. The molecule has 2 N–H and O–H groups in total. The summed E-state index contributed by atoms with van der Waals surface area (Å²) in [4.78, 5) is 27.8. The first-order valence-corrected chi connectivity index (χ1v) is 7.96. The van der Waals surface area contributed by atoms with Crippen molar-refractivity contribution in [3.05, 3.63) is 0 Å². The van der Waals surface area contributed by atoms with Gasteiger partial charge in [0.15, 0.2) is 0 Å². The highest BCUT2D eigenvalue weighted by molar-refractivity contribution is 5.78. The van der Waals surface area contributed by atoms with Gasteiger partial charge in [0.05, 0.1) is 6.61 Å². The summed E-state index contributed by atoms with van der Waals surface area (Å²) in [6.07, 6.45) is 3.98. The summed E-state index contributed by atoms with van der Waals surface area (Å²) in [7, 11) is 0. The Kier molecular flexibility index (Phi) is 5.99. The average molecular weight is 298 g/mol. The summed E-state index contributed by atoms with van der Waals surface area (Å²) in [5.41, 5.74) is 0. The molecule has 2 amide bonds. The summed E-state index contributed by atoms with van der Waals surface area (Å²) in [5, 5.41) is 17.7. The van der Waals surface area contributed by atoms with Gasteiger partial charge < -0.3 is 20.0 Å². The maximum absolute atomic E-state index is 12.1. The SMILES string of the molecule is O=C(CCO)N1CC[C@@H]2[C@@H](CCC(=O)N2CCCCO)C1. The van der Waals surface area contributed by atoms with Crippen molar-refractivity contribution >= 4 is 11.8 Å². The summed E-state index contributed by atoms with van der Waals surface area (Å²) in [6, 6.07) is 0.239. The van der Waals surface area contributed by atoms with Crippen LogP contribution in [0.15, 0.2) is 0 Å². The largest absolute Gasteiger partial charge is 0.396 e. The Labute approximate surface area is 125 Å². The second-order valence-corrected chi connectivity index (χ2v) is 5.99. The molecule has 2 aliphatic heterocycles. The quantitative estimate of drug-likeness (QED) is 0.675. The Balaban J connectivity index is 1.93. The molecule has 0 aliphatic carbocycles. The monoisotopic (exact) mass is 298 g/mol. The molecule has 2 saturated heterocycles. The minimum absolute atomic E-state index is 0.0136. The number of likely N-dealkylation sites (tertiary alicyclic amines) is 2. The van der Waals surface area contributed by atoms with Gasteiger partial charge in [-0.1, -0.05) is 0 Å². The first-order valence-electron chi connectivity index (χ1n) is 7.96. The molecule has 0 unspecified atom stereocenters. The van der Waals surface area contributed by atoms with Crippen molar-refractivity contribution in [1.29, 1.82) is 0 Å². The number of aliphatic hydroxyl groups is 2. The highest BCUT2D eigenvalue weighted by atomic mass is 16.3. The number of carbonyl (C=O) groups excluding carboxylic acids is 2. The fourth-order valence-corrected chi connectivity index (χ4v) is 3.52. The third-order valence-electron chi connectivity index (χ3n) is 4.63. The Morgan fingerprint density at radius 3 is 2.71 bits per heavy atom. The molecular weight excluding hydrogens is 272 g/mol. The Hall–Kier alpha value is -1.14. The van der Waals surface area contributed by atoms with E-state index in [1.165, 1.54) is 0 Å². The molecule has 2 aliphatic rings. The van der Waals surface area contributed by atoms with Crippen LogP contribution in [0.5, 0.6) is 0 Å². The van der Waals surface area contributed by atoms with Gasteiger partial charge in [0.1, 0.15) is 0 Å². The lowest BCUT2D eigenvalue weighted by Gasteiger charge is -2.47. The van der Waals surface area contributed by atoms with Gasteiger partial charge in [-0.05, 0) is 31.6 Å². The minimum atomic E-state index is -0.102. The summed E-state index contributed by atoms with van der Waals surface area (Å²) >= 11 is 0. The zero-order chi connectivity index (χ0) is 15.2. The van der Waals surface area contributed by atoms with Crippen LogP contribution < -0.4 is 0 Å². The molecule has 21 heavy (non-hydrogen) atoms. The average Bonchev–Trinajstić information content (AvgIpc) is 2.49. The fourth-order valence-electron chi connectivity index (χ4n) is 3.52. The topological polar surface area (TPSA) is 81.1 Å². The lowest BCUT2D eigenvalue weighted by atomic mass is 9.83. The number of nitrogens with zero attached hydrogens (tertiary/aromatic N) is 2. The van der Waals surface area contributed by atoms with Crippen molar-refractivity contribution in [3.63, 3.8) is 0 Å². The maximum atomic E-state index is 12.1. The van der Waals surface area contributed by atoms with Crippen molar-refractivity contribution in [2.24, 2.45) is 5.92 Å². The number of hydrogen-bond donors (Lipinski definition) is 2. The molecular formula is C15H26N2O4. The Morgan fingerprint density at radius 2 is 2.00 bits per heavy atom. The van der Waals surface area contributed by atoms with Crippen LogP contribution >= 0.6 is 0 Å². The number of amides is 2. The van der Waals surface area contributed by atoms with E-state index in [4.69, 9.17) is 10.2 Å². The molecule has 0 bridgehead atoms. The van der Waals surface area contributed by atoms with Gasteiger partial charge in [0.25, 0.3) is 0 Å². The Morgan fingerprint density at radius 1 is 1.19 bits per heavy atom. The van der Waals surface area contributed by atoms with E-state index in [0.29, 0.717) is 32.0 Å². The van der Waals surface area contributed by atoms with E-state index in [1.54, 1.807) is 0 Å². The molecule has 2 rings (SSSR count). The van der Waals surface area contributed by atoms with Crippen LogP contribution in [-0.4, -0.2) is 70.7 Å². The molecule has 0 aromatic rings. The molecule has 6 heteroatoms. The highest BCUT2D eigenvalue weighted by Crippen LogP contribution is 2.31. The number of fused-ring (bicyclic) bond motifs is 1. The maximum Gasteiger partial charge on any atom is 0.224 e. The van der Waals surface area contributed by atoms with Gasteiger partial charge in [-0.25, -0.2) is 0 Å². The standard InChI is InChI=1S/C15H26N2O4/c18-9-2-1-7-17-13-5-8-16(14(20)6-10-19)11-12(13)3-4-15(17)21/h12-13,18-19H,1-11H2/t12-,13+/m0/s1. The van der Waals surface area contributed by atoms with Crippen LogP contribution in [0.3, 0.4) is 0 Å². The van der Waals surface area contributed by atoms with E-state index in [9.17, 15) is 9.59 Å². The van der Waals surface area contributed by atoms with Crippen molar-refractivity contribution in [1.82, 2.24) is 9.80 Å². The van der Waals surface area contributed by atoms with Gasteiger partial charge in [-0.3, -0.25) is 9.59 Å². The number of aliphatic hydroxyl groups excluding tert-OH is 2. The van der Waals surface area contributed by atoms with E-state index in [-0.39, 0.29) is 37.5 Å². The van der Waals surface area contributed by atoms with Crippen LogP contribution in [0.2, 0.25) is 0 Å². The van der Waals surface area contributed by atoms with Crippen molar-refractivity contribution in [3.8, 4) is 0 Å². The van der Waals surface area contributed by atoms with Gasteiger partial charge >= 0.3 is 0 Å². The van der Waals surface area contributed by atoms with Crippen LogP contribution in [0.25, 0.3) is 0 Å². The van der Waals surface area contributed by atoms with Gasteiger partial charge in [0.2, 0.25) is 11.8 Å². The third-order valence-corrected chi connectivity index (χ3v) is 4.63. The van der Waals surface area contributed by atoms with Gasteiger partial charge in [-0.15, -0.1) is 0 Å². The smallest absolute Gasteiger partial charge is 0.224 e. The number of unbranched alkanes of at least 4 members (excludes halogenated alkanes) is 1. The van der Waals surface area contributed by atoms with E-state index >= 15 is 0 Å². The molecule has 0 aromatic heterocycles. The number of hydrogen-bond acceptors (Lipinski definition) is 4. The molecule has 120 valence electrons. The zero-order valence-corrected chi connectivity index (χ0v) is 12.5. The molecule has 2 heterocycles. The zero-order valence-electron chi connectivity index (χ0n) is 12.5. The van der Waals surface area contributed by atoms with Crippen LogP contribution in [-0.2, 0) is 9.59 Å². The van der Waals surface area contributed by atoms with Crippen LogP contribution in [0, 0.1) is 5.92 Å². The first-order chi connectivity index (χ1) is 10.2. The van der Waals surface area contributed by atoms with E-state index in [1.807, 2.05) is 9.80 Å². The second-order valence-electron chi connectivity index (χ2n) is 5.99. The molecule has 2 fully saturated rings. The molecule has 2 atom stereocenters. The van der Waals surface area contributed by atoms with E-state index in [2.05, 4.69) is 0 Å². The number of rotatable bonds is 6. The van der Waals surface area contributed by atoms with Gasteiger partial charge in [-0.2, -0.15) is 0 Å². The van der Waals surface area contributed by atoms with E-state index in [0.717, 1.165) is 25.7 Å². The molecule has 0 saturated carbocycles. The Bertz CT molecular complexity index is 375. The molecule has 0 spiro atoms. The van der Waals surface area contributed by atoms with Crippen molar-refractivity contribution < 1.29 is 19.8 Å². The highest BCUT2D eigenvalue weighted by Gasteiger charge is 2.39. The predicted octanol–water partition coefficient (Wildman–Crippen LogP) is -0.0192.